The Hall–Kier alpha value is -0.860. The van der Waals surface area contributed by atoms with Crippen LogP contribution in [-0.4, -0.2) is 18.4 Å². The van der Waals surface area contributed by atoms with Crippen molar-refractivity contribution in [3.05, 3.63) is 0 Å². The first-order chi connectivity index (χ1) is 8.59. The fourth-order valence-electron chi connectivity index (χ4n) is 3.21. The molecule has 1 aliphatic carbocycles. The molecular formula is C15H26O3. The normalized spacial score (nSPS) is 19.5. The number of Topliss-reactive ketones (excluding diaryl/α,β-unsaturated/α-hetero) is 1. The van der Waals surface area contributed by atoms with Crippen molar-refractivity contribution in [2.75, 3.05) is 6.61 Å². The van der Waals surface area contributed by atoms with Crippen molar-refractivity contribution in [2.24, 2.45) is 11.3 Å². The minimum Gasteiger partial charge on any atom is -0.465 e. The lowest BCUT2D eigenvalue weighted by Gasteiger charge is -2.34. The number of hydrogen-bond acceptors (Lipinski definition) is 3. The molecule has 0 N–H and O–H groups in total. The Morgan fingerprint density at radius 3 is 2.28 bits per heavy atom. The average Bonchev–Trinajstić information content (AvgIpc) is 2.84. The molecule has 1 unspecified atom stereocenters. The fourth-order valence-corrected chi connectivity index (χ4v) is 3.21. The molecule has 1 aliphatic rings. The van der Waals surface area contributed by atoms with Crippen LogP contribution in [0.1, 0.15) is 65.7 Å². The molecule has 1 saturated carbocycles. The SMILES string of the molecule is CCCCC(C(C)=O)(C(=O)OCC)C1CCCC1. The van der Waals surface area contributed by atoms with Crippen molar-refractivity contribution in [2.45, 2.75) is 65.7 Å². The molecule has 0 amide bonds. The summed E-state index contributed by atoms with van der Waals surface area (Å²) in [6, 6.07) is 0. The number of rotatable bonds is 7. The molecule has 0 spiro atoms. The smallest absolute Gasteiger partial charge is 0.319 e. The summed E-state index contributed by atoms with van der Waals surface area (Å²) in [5, 5.41) is 0. The van der Waals surface area contributed by atoms with Crippen LogP contribution in [-0.2, 0) is 14.3 Å². The summed E-state index contributed by atoms with van der Waals surface area (Å²) in [6.07, 6.45) is 6.80. The third-order valence-corrected chi connectivity index (χ3v) is 4.24. The molecule has 0 aliphatic heterocycles. The maximum Gasteiger partial charge on any atom is 0.319 e. The van der Waals surface area contributed by atoms with Crippen LogP contribution in [0.3, 0.4) is 0 Å². The van der Waals surface area contributed by atoms with E-state index in [2.05, 4.69) is 6.92 Å². The van der Waals surface area contributed by atoms with Crippen molar-refractivity contribution >= 4 is 11.8 Å². The molecule has 1 fully saturated rings. The van der Waals surface area contributed by atoms with Gasteiger partial charge in [0.2, 0.25) is 0 Å². The Labute approximate surface area is 110 Å². The molecule has 0 aromatic heterocycles. The zero-order chi connectivity index (χ0) is 13.6. The van der Waals surface area contributed by atoms with E-state index in [1.165, 1.54) is 0 Å². The molecule has 1 atom stereocenters. The van der Waals surface area contributed by atoms with E-state index in [0.717, 1.165) is 38.5 Å². The standard InChI is InChI=1S/C15H26O3/c1-4-6-11-15(12(3)16,14(17)18-5-2)13-9-7-8-10-13/h13H,4-11H2,1-3H3. The highest BCUT2D eigenvalue weighted by Gasteiger charge is 2.50. The van der Waals surface area contributed by atoms with Gasteiger partial charge in [-0.15, -0.1) is 0 Å². The van der Waals surface area contributed by atoms with E-state index >= 15 is 0 Å². The van der Waals surface area contributed by atoms with Crippen molar-refractivity contribution in [1.29, 1.82) is 0 Å². The van der Waals surface area contributed by atoms with Crippen LogP contribution in [0.2, 0.25) is 0 Å². The summed E-state index contributed by atoms with van der Waals surface area (Å²) in [4.78, 5) is 24.5. The van der Waals surface area contributed by atoms with Crippen molar-refractivity contribution in [1.82, 2.24) is 0 Å². The maximum atomic E-state index is 12.4. The highest BCUT2D eigenvalue weighted by molar-refractivity contribution is 6.03. The number of unbranched alkanes of at least 4 members (excludes halogenated alkanes) is 1. The minimum atomic E-state index is -0.859. The quantitative estimate of drug-likeness (QED) is 0.516. The first kappa shape index (κ1) is 15.2. The number of carbonyl (C=O) groups is 2. The highest BCUT2D eigenvalue weighted by Crippen LogP contribution is 2.45. The van der Waals surface area contributed by atoms with E-state index in [1.54, 1.807) is 13.8 Å². The molecule has 0 heterocycles. The lowest BCUT2D eigenvalue weighted by molar-refractivity contribution is -0.164. The van der Waals surface area contributed by atoms with Crippen LogP contribution in [0, 0.1) is 11.3 Å². The monoisotopic (exact) mass is 254 g/mol. The predicted molar refractivity (Wildman–Crippen MR) is 71.2 cm³/mol. The summed E-state index contributed by atoms with van der Waals surface area (Å²) >= 11 is 0. The summed E-state index contributed by atoms with van der Waals surface area (Å²) < 4.78 is 5.22. The number of ether oxygens (including phenoxy) is 1. The van der Waals surface area contributed by atoms with Crippen LogP contribution in [0.15, 0.2) is 0 Å². The molecule has 3 nitrogen and oxygen atoms in total. The zero-order valence-corrected chi connectivity index (χ0v) is 12.0. The lowest BCUT2D eigenvalue weighted by Crippen LogP contribution is -2.45. The number of ketones is 1. The largest absolute Gasteiger partial charge is 0.465 e. The van der Waals surface area contributed by atoms with Crippen molar-refractivity contribution in [3.8, 4) is 0 Å². The van der Waals surface area contributed by atoms with Crippen molar-refractivity contribution < 1.29 is 14.3 Å². The van der Waals surface area contributed by atoms with Gasteiger partial charge in [0, 0.05) is 0 Å². The topological polar surface area (TPSA) is 43.4 Å². The Kier molecular flexibility index (Phi) is 5.83. The summed E-state index contributed by atoms with van der Waals surface area (Å²) in [5.41, 5.74) is -0.859. The molecular weight excluding hydrogens is 228 g/mol. The van der Waals surface area contributed by atoms with Gasteiger partial charge in [-0.3, -0.25) is 9.59 Å². The second-order valence-electron chi connectivity index (χ2n) is 5.33. The summed E-state index contributed by atoms with van der Waals surface area (Å²) in [7, 11) is 0. The average molecular weight is 254 g/mol. The maximum absolute atomic E-state index is 12.4. The highest BCUT2D eigenvalue weighted by atomic mass is 16.5. The second kappa shape index (κ2) is 6.91. The molecule has 0 saturated heterocycles. The summed E-state index contributed by atoms with van der Waals surface area (Å²) in [6.45, 7) is 5.81. The molecule has 1 rings (SSSR count). The molecule has 0 aromatic carbocycles. The van der Waals surface area contributed by atoms with Crippen molar-refractivity contribution in [3.63, 3.8) is 0 Å². The van der Waals surface area contributed by atoms with Crippen LogP contribution in [0.5, 0.6) is 0 Å². The van der Waals surface area contributed by atoms with Crippen LogP contribution in [0.4, 0.5) is 0 Å². The van der Waals surface area contributed by atoms with Gasteiger partial charge in [0.1, 0.15) is 11.2 Å². The zero-order valence-electron chi connectivity index (χ0n) is 12.0. The Bertz CT molecular complexity index is 292. The molecule has 0 radical (unpaired) electrons. The molecule has 18 heavy (non-hydrogen) atoms. The van der Waals surface area contributed by atoms with E-state index in [9.17, 15) is 9.59 Å². The van der Waals surface area contributed by atoms with E-state index in [0.29, 0.717) is 13.0 Å². The van der Waals surface area contributed by atoms with Crippen LogP contribution in [0.25, 0.3) is 0 Å². The van der Waals surface area contributed by atoms with E-state index in [1.807, 2.05) is 0 Å². The molecule has 0 aromatic rings. The second-order valence-corrected chi connectivity index (χ2v) is 5.33. The third kappa shape index (κ3) is 2.93. The van der Waals surface area contributed by atoms with E-state index in [4.69, 9.17) is 4.74 Å². The first-order valence-electron chi connectivity index (χ1n) is 7.27. The van der Waals surface area contributed by atoms with Gasteiger partial charge in [-0.05, 0) is 39.0 Å². The Morgan fingerprint density at radius 1 is 1.22 bits per heavy atom. The van der Waals surface area contributed by atoms with Gasteiger partial charge in [-0.25, -0.2) is 0 Å². The number of hydrogen-bond donors (Lipinski definition) is 0. The Balaban J connectivity index is 3.00. The third-order valence-electron chi connectivity index (χ3n) is 4.24. The predicted octanol–water partition coefficient (Wildman–Crippen LogP) is 3.51. The van der Waals surface area contributed by atoms with Gasteiger partial charge in [0.05, 0.1) is 6.61 Å². The summed E-state index contributed by atoms with van der Waals surface area (Å²) in [5.74, 6) is -0.0836. The first-order valence-corrected chi connectivity index (χ1v) is 7.27. The molecule has 104 valence electrons. The fraction of sp³-hybridized carbons (Fsp3) is 0.867. The van der Waals surface area contributed by atoms with Crippen LogP contribution >= 0.6 is 0 Å². The molecule has 0 bridgehead atoms. The minimum absolute atomic E-state index is 0.00120. The van der Waals surface area contributed by atoms with E-state index in [-0.39, 0.29) is 17.7 Å². The van der Waals surface area contributed by atoms with Gasteiger partial charge in [-0.2, -0.15) is 0 Å². The molecule has 3 heteroatoms. The van der Waals surface area contributed by atoms with Gasteiger partial charge in [0.25, 0.3) is 0 Å². The number of esters is 1. The van der Waals surface area contributed by atoms with Crippen LogP contribution < -0.4 is 0 Å². The number of carbonyl (C=O) groups excluding carboxylic acids is 2. The van der Waals surface area contributed by atoms with Gasteiger partial charge < -0.3 is 4.74 Å². The van der Waals surface area contributed by atoms with Gasteiger partial charge in [-0.1, -0.05) is 32.6 Å². The van der Waals surface area contributed by atoms with Gasteiger partial charge in [0.15, 0.2) is 0 Å². The van der Waals surface area contributed by atoms with Gasteiger partial charge >= 0.3 is 5.97 Å². The Morgan fingerprint density at radius 2 is 1.83 bits per heavy atom. The van der Waals surface area contributed by atoms with E-state index < -0.39 is 5.41 Å². The lowest BCUT2D eigenvalue weighted by atomic mass is 9.68.